The van der Waals surface area contributed by atoms with E-state index in [4.69, 9.17) is 14.0 Å². The van der Waals surface area contributed by atoms with Crippen LogP contribution in [-0.2, 0) is 30.6 Å². The summed E-state index contributed by atoms with van der Waals surface area (Å²) in [6, 6.07) is 18.2. The fraction of sp³-hybridized carbons (Fsp3) is 0.405. The number of fused-ring (bicyclic) bond motifs is 4. The Morgan fingerprint density at radius 1 is 0.964 bits per heavy atom. The van der Waals surface area contributed by atoms with E-state index < -0.39 is 58.6 Å². The molecule has 1 aromatic heterocycles. The first-order valence-corrected chi connectivity index (χ1v) is 18.7. The Morgan fingerprint density at radius 3 is 2.16 bits per heavy atom. The summed E-state index contributed by atoms with van der Waals surface area (Å²) >= 11 is 0. The van der Waals surface area contributed by atoms with Gasteiger partial charge in [0, 0.05) is 24.1 Å². The lowest BCUT2D eigenvalue weighted by atomic mass is 9.56. The lowest BCUT2D eigenvalue weighted by Gasteiger charge is -2.50. The summed E-state index contributed by atoms with van der Waals surface area (Å²) in [5, 5.41) is 28.8. The zero-order valence-corrected chi connectivity index (χ0v) is 30.7. The third-order valence-corrected chi connectivity index (χ3v) is 11.9. The summed E-state index contributed by atoms with van der Waals surface area (Å²) in [7, 11) is 1.76. The highest BCUT2D eigenvalue weighted by Gasteiger charge is 2.66. The topological polar surface area (TPSA) is 126 Å². The maximum atomic E-state index is 15.3. The molecule has 1 aliphatic heterocycles. The number of nitrogens with zero attached hydrogens (tertiary/aromatic N) is 3. The number of benzene rings is 3. The molecule has 13 heteroatoms. The number of rotatable bonds is 10. The molecule has 1 saturated carbocycles. The van der Waals surface area contributed by atoms with Gasteiger partial charge >= 0.3 is 6.18 Å². The predicted molar refractivity (Wildman–Crippen MR) is 194 cm³/mol. The molecule has 1 saturated heterocycles. The Kier molecular flexibility index (Phi) is 9.38. The molecule has 10 nitrogen and oxygen atoms in total. The van der Waals surface area contributed by atoms with Gasteiger partial charge < -0.3 is 24.2 Å². The van der Waals surface area contributed by atoms with Crippen LogP contribution in [0.2, 0.25) is 0 Å². The molecule has 0 amide bonds. The zero-order valence-electron chi connectivity index (χ0n) is 30.7. The number of halogens is 3. The van der Waals surface area contributed by atoms with Crippen molar-refractivity contribution < 1.29 is 47.0 Å². The molecule has 2 N–H and O–H groups in total. The van der Waals surface area contributed by atoms with Gasteiger partial charge in [-0.05, 0) is 78.8 Å². The van der Waals surface area contributed by atoms with Gasteiger partial charge in [-0.25, -0.2) is 0 Å². The molecule has 3 aromatic carbocycles. The number of ether oxygens (including phenoxy) is 2. The molecule has 4 aromatic rings. The van der Waals surface area contributed by atoms with Gasteiger partial charge in [0.1, 0.15) is 30.3 Å². The van der Waals surface area contributed by atoms with E-state index in [0.29, 0.717) is 26.1 Å². The molecule has 8 rings (SSSR count). The zero-order chi connectivity index (χ0) is 38.8. The van der Waals surface area contributed by atoms with Crippen LogP contribution in [0.1, 0.15) is 88.3 Å². The second-order valence-electron chi connectivity index (χ2n) is 14.8. The maximum absolute atomic E-state index is 15.3. The fourth-order valence-corrected chi connectivity index (χ4v) is 9.14. The van der Waals surface area contributed by atoms with Crippen molar-refractivity contribution in [2.45, 2.75) is 70.2 Å². The molecule has 288 valence electrons. The van der Waals surface area contributed by atoms with E-state index in [1.165, 1.54) is 6.07 Å². The Hall–Kier alpha value is -4.98. The maximum Gasteiger partial charge on any atom is 0.417 e. The Labute approximate surface area is 316 Å². The molecule has 0 bridgehead atoms. The molecule has 1 unspecified atom stereocenters. The van der Waals surface area contributed by atoms with Crippen molar-refractivity contribution in [2.24, 2.45) is 11.8 Å². The van der Waals surface area contributed by atoms with Crippen LogP contribution < -0.4 is 9.47 Å². The number of carbonyl (C=O) groups excluding carboxylic acids is 2. The Bertz CT molecular complexity index is 2170. The van der Waals surface area contributed by atoms with Crippen LogP contribution in [0.3, 0.4) is 0 Å². The largest absolute Gasteiger partial charge is 0.507 e. The smallest absolute Gasteiger partial charge is 0.417 e. The minimum atomic E-state index is -4.81. The molecular formula is C42H42F3N3O7. The first-order chi connectivity index (χ1) is 26.4. The summed E-state index contributed by atoms with van der Waals surface area (Å²) in [5.74, 6) is -4.96. The molecule has 2 fully saturated rings. The third kappa shape index (κ3) is 5.94. The molecule has 2 heterocycles. The van der Waals surface area contributed by atoms with Crippen LogP contribution >= 0.6 is 0 Å². The van der Waals surface area contributed by atoms with Crippen LogP contribution in [0.25, 0.3) is 5.76 Å². The SMILES string of the molecule is CCN(CC)[C@@H]1c2onc(OCc3ccccc3)c2C(=O)[C@@]2(O)C(=O)C3=C(O)c4c(OCc5ccccc5)cc(C5CCN5C)c(C(F)(F)F)c4C[C@H]3C[C@@H]12. The number of aromatic nitrogens is 1. The van der Waals surface area contributed by atoms with Crippen molar-refractivity contribution in [2.75, 3.05) is 26.7 Å². The van der Waals surface area contributed by atoms with Gasteiger partial charge in [0.15, 0.2) is 11.4 Å². The highest BCUT2D eigenvalue weighted by molar-refractivity contribution is 6.26. The van der Waals surface area contributed by atoms with Gasteiger partial charge in [-0.3, -0.25) is 19.4 Å². The van der Waals surface area contributed by atoms with E-state index in [1.54, 1.807) is 7.05 Å². The third-order valence-electron chi connectivity index (χ3n) is 11.9. The second-order valence-corrected chi connectivity index (χ2v) is 14.8. The van der Waals surface area contributed by atoms with Crippen molar-refractivity contribution in [1.29, 1.82) is 0 Å². The summed E-state index contributed by atoms with van der Waals surface area (Å²) in [4.78, 5) is 33.2. The summed E-state index contributed by atoms with van der Waals surface area (Å²) < 4.78 is 64.0. The number of aliphatic hydroxyl groups excluding tert-OH is 1. The summed E-state index contributed by atoms with van der Waals surface area (Å²) in [6.07, 6.45) is -4.67. The van der Waals surface area contributed by atoms with Crippen molar-refractivity contribution in [3.8, 4) is 11.6 Å². The standard InChI is InChI=1S/C42H42F3N3O7/c1-4-48(5-2)35-28-19-25-18-27-32(30(53-21-23-12-8-6-9-13-23)20-26(29-16-17-47(29)3)34(27)42(43,44)45)36(49)31(25)38(50)41(28,52)39(51)33-37(35)55-46-40(33)54-22-24-14-10-7-11-15-24/h6-15,20,25,28-29,35,49,52H,4-5,16-19,21-22H2,1-3H3/t25-,28-,29?,35-,41-/m0/s1. The Balaban J connectivity index is 1.28. The van der Waals surface area contributed by atoms with Crippen molar-refractivity contribution in [1.82, 2.24) is 15.0 Å². The first kappa shape index (κ1) is 37.0. The predicted octanol–water partition coefficient (Wildman–Crippen LogP) is 7.27. The molecule has 3 aliphatic carbocycles. The van der Waals surface area contributed by atoms with Crippen molar-refractivity contribution in [3.63, 3.8) is 0 Å². The quantitative estimate of drug-likeness (QED) is 0.160. The molecule has 55 heavy (non-hydrogen) atoms. The summed E-state index contributed by atoms with van der Waals surface area (Å²) in [6.45, 7) is 5.24. The van der Waals surface area contributed by atoms with Gasteiger partial charge in [0.25, 0.3) is 5.88 Å². The number of hydrogen-bond donors (Lipinski definition) is 2. The van der Waals surface area contributed by atoms with E-state index in [2.05, 4.69) is 5.16 Å². The molecular weight excluding hydrogens is 715 g/mol. The van der Waals surface area contributed by atoms with E-state index in [1.807, 2.05) is 84.3 Å². The van der Waals surface area contributed by atoms with Gasteiger partial charge in [-0.2, -0.15) is 13.2 Å². The van der Waals surface area contributed by atoms with Crippen molar-refractivity contribution in [3.05, 3.63) is 117 Å². The van der Waals surface area contributed by atoms with E-state index in [-0.39, 0.29) is 71.3 Å². The van der Waals surface area contributed by atoms with E-state index in [0.717, 1.165) is 11.1 Å². The van der Waals surface area contributed by atoms with Gasteiger partial charge in [-0.15, -0.1) is 0 Å². The van der Waals surface area contributed by atoms with E-state index >= 15 is 13.2 Å². The lowest BCUT2D eigenvalue weighted by molar-refractivity contribution is -0.143. The monoisotopic (exact) mass is 757 g/mol. The molecule has 0 radical (unpaired) electrons. The van der Waals surface area contributed by atoms with Crippen molar-refractivity contribution >= 4 is 17.3 Å². The first-order valence-electron chi connectivity index (χ1n) is 18.7. The number of Topliss-reactive ketones (excluding diaryl/α,β-unsaturated/α-hetero) is 2. The van der Waals surface area contributed by atoms with Crippen LogP contribution in [0.15, 0.2) is 76.8 Å². The Morgan fingerprint density at radius 2 is 1.60 bits per heavy atom. The van der Waals surface area contributed by atoms with Crippen LogP contribution in [0.5, 0.6) is 11.6 Å². The van der Waals surface area contributed by atoms with Crippen LogP contribution in [0, 0.1) is 11.8 Å². The number of likely N-dealkylation sites (tertiary alicyclic amines) is 1. The second kappa shape index (κ2) is 13.9. The molecule has 0 spiro atoms. The number of alkyl halides is 3. The van der Waals surface area contributed by atoms with E-state index in [9.17, 15) is 19.8 Å². The lowest BCUT2D eigenvalue weighted by Crippen LogP contribution is -2.63. The highest BCUT2D eigenvalue weighted by Crippen LogP contribution is 2.58. The normalized spacial score (nSPS) is 24.9. The number of aliphatic hydroxyl groups is 2. The van der Waals surface area contributed by atoms with Crippen LogP contribution in [-0.4, -0.2) is 69.0 Å². The number of ketones is 2. The number of carbonyl (C=O) groups is 2. The molecule has 5 atom stereocenters. The average molecular weight is 758 g/mol. The summed E-state index contributed by atoms with van der Waals surface area (Å²) in [5.41, 5.74) is -2.89. The van der Waals surface area contributed by atoms with Gasteiger partial charge in [-0.1, -0.05) is 74.5 Å². The minimum absolute atomic E-state index is 0.0126. The fourth-order valence-electron chi connectivity index (χ4n) is 9.14. The highest BCUT2D eigenvalue weighted by atomic mass is 19.4. The minimum Gasteiger partial charge on any atom is -0.507 e. The van der Waals surface area contributed by atoms with Gasteiger partial charge in [0.05, 0.1) is 17.2 Å². The average Bonchev–Trinajstić information content (AvgIpc) is 3.59. The van der Waals surface area contributed by atoms with Crippen LogP contribution in [0.4, 0.5) is 13.2 Å². The molecule has 4 aliphatic rings. The van der Waals surface area contributed by atoms with Gasteiger partial charge in [0.2, 0.25) is 11.6 Å². The number of hydrogen-bond acceptors (Lipinski definition) is 10.